The van der Waals surface area contributed by atoms with Crippen LogP contribution in [0.1, 0.15) is 13.3 Å². The molecule has 0 unspecified atom stereocenters. The standard InChI is InChI=1S/C16H18ClN3/c1-2-20-10-4-9-18-16-15(20)8-7-14(19-16)12-5-3-6-13(17)11-12/h3,5-8,11H,2,4,9-10H2,1H3,(H,18,19). The summed E-state index contributed by atoms with van der Waals surface area (Å²) in [6.07, 6.45) is 1.14. The van der Waals surface area contributed by atoms with Gasteiger partial charge in [-0.15, -0.1) is 0 Å². The molecule has 0 fully saturated rings. The molecule has 1 N–H and O–H groups in total. The highest BCUT2D eigenvalue weighted by Gasteiger charge is 2.15. The van der Waals surface area contributed by atoms with Crippen LogP contribution in [0, 0.1) is 0 Å². The smallest absolute Gasteiger partial charge is 0.150 e. The van der Waals surface area contributed by atoms with Crippen molar-refractivity contribution in [2.75, 3.05) is 29.9 Å². The normalized spacial score (nSPS) is 14.4. The molecule has 2 heterocycles. The Morgan fingerprint density at radius 2 is 2.20 bits per heavy atom. The van der Waals surface area contributed by atoms with Crippen LogP contribution < -0.4 is 10.2 Å². The number of hydrogen-bond donors (Lipinski definition) is 1. The first-order chi connectivity index (χ1) is 9.78. The third-order valence-corrected chi connectivity index (χ3v) is 3.85. The minimum atomic E-state index is 0.738. The van der Waals surface area contributed by atoms with E-state index in [2.05, 4.69) is 29.3 Å². The Morgan fingerprint density at radius 1 is 1.30 bits per heavy atom. The average Bonchev–Trinajstić information content (AvgIpc) is 2.68. The lowest BCUT2D eigenvalue weighted by Gasteiger charge is -2.22. The zero-order valence-corrected chi connectivity index (χ0v) is 12.3. The molecule has 0 saturated heterocycles. The van der Waals surface area contributed by atoms with Crippen LogP contribution in [0.15, 0.2) is 36.4 Å². The maximum Gasteiger partial charge on any atom is 0.150 e. The largest absolute Gasteiger partial charge is 0.369 e. The molecule has 2 aromatic rings. The molecule has 1 aromatic heterocycles. The molecule has 0 bridgehead atoms. The van der Waals surface area contributed by atoms with E-state index in [9.17, 15) is 0 Å². The number of hydrogen-bond acceptors (Lipinski definition) is 3. The number of nitrogens with zero attached hydrogens (tertiary/aromatic N) is 2. The van der Waals surface area contributed by atoms with Crippen molar-refractivity contribution in [1.29, 1.82) is 0 Å². The SMILES string of the molecule is CCN1CCCNc2nc(-c3cccc(Cl)c3)ccc21. The minimum absolute atomic E-state index is 0.738. The van der Waals surface area contributed by atoms with Crippen LogP contribution in [0.2, 0.25) is 5.02 Å². The first-order valence-corrected chi connectivity index (χ1v) is 7.41. The Hall–Kier alpha value is -1.74. The van der Waals surface area contributed by atoms with Crippen LogP contribution in [0.3, 0.4) is 0 Å². The van der Waals surface area contributed by atoms with E-state index >= 15 is 0 Å². The molecule has 0 radical (unpaired) electrons. The van der Waals surface area contributed by atoms with Gasteiger partial charge in [-0.05, 0) is 37.6 Å². The van der Waals surface area contributed by atoms with Gasteiger partial charge in [0.25, 0.3) is 0 Å². The second-order valence-electron chi connectivity index (χ2n) is 4.93. The van der Waals surface area contributed by atoms with Gasteiger partial charge >= 0.3 is 0 Å². The molecular weight excluding hydrogens is 270 g/mol. The fraction of sp³-hybridized carbons (Fsp3) is 0.312. The van der Waals surface area contributed by atoms with Crippen LogP contribution in [-0.4, -0.2) is 24.6 Å². The van der Waals surface area contributed by atoms with E-state index in [4.69, 9.17) is 16.6 Å². The van der Waals surface area contributed by atoms with Gasteiger partial charge in [-0.2, -0.15) is 0 Å². The third kappa shape index (κ3) is 2.59. The molecule has 0 atom stereocenters. The predicted molar refractivity (Wildman–Crippen MR) is 85.7 cm³/mol. The number of aromatic nitrogens is 1. The van der Waals surface area contributed by atoms with Crippen LogP contribution in [0.4, 0.5) is 11.5 Å². The lowest BCUT2D eigenvalue weighted by Crippen LogP contribution is -2.23. The molecule has 1 aliphatic rings. The first-order valence-electron chi connectivity index (χ1n) is 7.03. The van der Waals surface area contributed by atoms with Crippen molar-refractivity contribution in [3.63, 3.8) is 0 Å². The summed E-state index contributed by atoms with van der Waals surface area (Å²) in [6, 6.07) is 12.0. The third-order valence-electron chi connectivity index (χ3n) is 3.61. The Labute approximate surface area is 124 Å². The molecule has 1 aliphatic heterocycles. The van der Waals surface area contributed by atoms with Crippen molar-refractivity contribution < 1.29 is 0 Å². The summed E-state index contributed by atoms with van der Waals surface area (Å²) < 4.78 is 0. The van der Waals surface area contributed by atoms with E-state index in [1.54, 1.807) is 0 Å². The molecule has 3 nitrogen and oxygen atoms in total. The monoisotopic (exact) mass is 287 g/mol. The van der Waals surface area contributed by atoms with Gasteiger partial charge in [-0.1, -0.05) is 23.7 Å². The number of rotatable bonds is 2. The summed E-state index contributed by atoms with van der Waals surface area (Å²) in [5.41, 5.74) is 3.20. The van der Waals surface area contributed by atoms with Gasteiger partial charge in [0.15, 0.2) is 0 Å². The lowest BCUT2D eigenvalue weighted by molar-refractivity contribution is 0.786. The number of nitrogens with one attached hydrogen (secondary N) is 1. The summed E-state index contributed by atoms with van der Waals surface area (Å²) in [5.74, 6) is 0.974. The van der Waals surface area contributed by atoms with Gasteiger partial charge in [0, 0.05) is 30.2 Å². The molecule has 0 saturated carbocycles. The van der Waals surface area contributed by atoms with Crippen molar-refractivity contribution >= 4 is 23.1 Å². The average molecular weight is 288 g/mol. The van der Waals surface area contributed by atoms with Crippen molar-refractivity contribution in [3.8, 4) is 11.3 Å². The zero-order chi connectivity index (χ0) is 13.9. The van der Waals surface area contributed by atoms with E-state index in [1.165, 1.54) is 5.69 Å². The highest BCUT2D eigenvalue weighted by atomic mass is 35.5. The second kappa shape index (κ2) is 5.71. The number of halogens is 1. The van der Waals surface area contributed by atoms with Crippen molar-refractivity contribution in [3.05, 3.63) is 41.4 Å². The van der Waals surface area contributed by atoms with Crippen LogP contribution >= 0.6 is 11.6 Å². The summed E-state index contributed by atoms with van der Waals surface area (Å²) in [4.78, 5) is 7.14. The summed E-state index contributed by atoms with van der Waals surface area (Å²) in [7, 11) is 0. The molecule has 104 valence electrons. The maximum absolute atomic E-state index is 6.06. The fourth-order valence-electron chi connectivity index (χ4n) is 2.57. The van der Waals surface area contributed by atoms with Crippen molar-refractivity contribution in [2.45, 2.75) is 13.3 Å². The Kier molecular flexibility index (Phi) is 3.79. The first kappa shape index (κ1) is 13.3. The highest BCUT2D eigenvalue weighted by molar-refractivity contribution is 6.30. The molecule has 3 rings (SSSR count). The Bertz CT molecular complexity index is 612. The molecule has 1 aromatic carbocycles. The van der Waals surface area contributed by atoms with Gasteiger partial charge in [-0.3, -0.25) is 0 Å². The predicted octanol–water partition coefficient (Wildman–Crippen LogP) is 4.04. The molecule has 4 heteroatoms. The van der Waals surface area contributed by atoms with Gasteiger partial charge < -0.3 is 10.2 Å². The topological polar surface area (TPSA) is 28.2 Å². The lowest BCUT2D eigenvalue weighted by atomic mass is 10.1. The van der Waals surface area contributed by atoms with E-state index in [-0.39, 0.29) is 0 Å². The molecule has 0 spiro atoms. The molecule has 0 amide bonds. The van der Waals surface area contributed by atoms with E-state index in [1.807, 2.05) is 24.3 Å². The zero-order valence-electron chi connectivity index (χ0n) is 11.6. The second-order valence-corrected chi connectivity index (χ2v) is 5.37. The Morgan fingerprint density at radius 3 is 3.00 bits per heavy atom. The van der Waals surface area contributed by atoms with Gasteiger partial charge in [0.1, 0.15) is 5.82 Å². The van der Waals surface area contributed by atoms with Crippen LogP contribution in [-0.2, 0) is 0 Å². The number of benzene rings is 1. The molecule has 20 heavy (non-hydrogen) atoms. The van der Waals surface area contributed by atoms with Crippen LogP contribution in [0.25, 0.3) is 11.3 Å². The van der Waals surface area contributed by atoms with Gasteiger partial charge in [-0.25, -0.2) is 4.98 Å². The van der Waals surface area contributed by atoms with Crippen LogP contribution in [0.5, 0.6) is 0 Å². The summed E-state index contributed by atoms with van der Waals surface area (Å²) >= 11 is 6.06. The Balaban J connectivity index is 2.02. The van der Waals surface area contributed by atoms with E-state index in [0.29, 0.717) is 0 Å². The quantitative estimate of drug-likeness (QED) is 0.903. The van der Waals surface area contributed by atoms with Gasteiger partial charge in [0.2, 0.25) is 0 Å². The number of pyridine rings is 1. The summed E-state index contributed by atoms with van der Waals surface area (Å²) in [5, 5.41) is 4.17. The van der Waals surface area contributed by atoms with Crippen molar-refractivity contribution in [1.82, 2.24) is 4.98 Å². The van der Waals surface area contributed by atoms with Gasteiger partial charge in [0.05, 0.1) is 11.4 Å². The number of fused-ring (bicyclic) bond motifs is 1. The van der Waals surface area contributed by atoms with Crippen molar-refractivity contribution in [2.24, 2.45) is 0 Å². The highest BCUT2D eigenvalue weighted by Crippen LogP contribution is 2.30. The summed E-state index contributed by atoms with van der Waals surface area (Å²) in [6.45, 7) is 5.23. The molecule has 0 aliphatic carbocycles. The van der Waals surface area contributed by atoms with E-state index in [0.717, 1.165) is 48.2 Å². The van der Waals surface area contributed by atoms with E-state index < -0.39 is 0 Å². The fourth-order valence-corrected chi connectivity index (χ4v) is 2.76. The minimum Gasteiger partial charge on any atom is -0.369 e. The number of anilines is 2. The molecular formula is C16H18ClN3. The maximum atomic E-state index is 6.06.